The molecule has 3 aromatic carbocycles. The van der Waals surface area contributed by atoms with Crippen LogP contribution < -0.4 is 9.62 Å². The van der Waals surface area contributed by atoms with Crippen LogP contribution >= 0.6 is 0 Å². The maximum atomic E-state index is 13.5. The van der Waals surface area contributed by atoms with Crippen LogP contribution in [0, 0.1) is 0 Å². The number of carbonyl (C=O) groups excluding carboxylic acids is 2. The van der Waals surface area contributed by atoms with Crippen LogP contribution in [-0.2, 0) is 21.2 Å². The van der Waals surface area contributed by atoms with Crippen molar-refractivity contribution >= 4 is 44.0 Å². The molecule has 146 valence electrons. The predicted molar refractivity (Wildman–Crippen MR) is 108 cm³/mol. The second kappa shape index (κ2) is 6.05. The van der Waals surface area contributed by atoms with Crippen molar-refractivity contribution in [2.24, 2.45) is 0 Å². The fourth-order valence-corrected chi connectivity index (χ4v) is 5.77. The van der Waals surface area contributed by atoms with Crippen molar-refractivity contribution in [3.05, 3.63) is 65.2 Å². The maximum absolute atomic E-state index is 13.5. The van der Waals surface area contributed by atoms with Gasteiger partial charge in [0.15, 0.2) is 0 Å². The number of ether oxygens (including phenoxy) is 1. The molecule has 0 aromatic heterocycles. The van der Waals surface area contributed by atoms with Crippen LogP contribution in [0.25, 0.3) is 10.8 Å². The number of methoxy groups -OCH3 is 1. The number of benzene rings is 3. The van der Waals surface area contributed by atoms with E-state index in [4.69, 9.17) is 4.74 Å². The number of sulfonamides is 1. The smallest absolute Gasteiger partial charge is 0.337 e. The molecule has 2 aliphatic rings. The molecule has 3 aromatic rings. The number of esters is 1. The van der Waals surface area contributed by atoms with Crippen molar-refractivity contribution in [2.45, 2.75) is 11.3 Å². The van der Waals surface area contributed by atoms with Gasteiger partial charge in [0, 0.05) is 28.6 Å². The Morgan fingerprint density at radius 2 is 1.97 bits per heavy atom. The summed E-state index contributed by atoms with van der Waals surface area (Å²) < 4.78 is 33.2. The summed E-state index contributed by atoms with van der Waals surface area (Å²) in [5.41, 5.74) is 2.80. The first-order valence-electron chi connectivity index (χ1n) is 9.03. The average Bonchev–Trinajstić information content (AvgIpc) is 3.30. The van der Waals surface area contributed by atoms with E-state index in [1.807, 2.05) is 0 Å². The second-order valence-electron chi connectivity index (χ2n) is 6.96. The van der Waals surface area contributed by atoms with Crippen LogP contribution in [0.5, 0.6) is 0 Å². The van der Waals surface area contributed by atoms with Crippen molar-refractivity contribution < 1.29 is 22.7 Å². The van der Waals surface area contributed by atoms with Gasteiger partial charge < -0.3 is 10.1 Å². The standard InChI is InChI=1S/C21H16N2O5S/c1-28-21(25)13-5-7-17-12(11-13)9-10-23(17)29(26,27)18-8-6-16-19-14(18)3-2-4-15(19)20(24)22-16/h2-8,11H,9-10H2,1H3,(H,22,24). The molecule has 1 amide bonds. The molecule has 0 unspecified atom stereocenters. The molecule has 0 spiro atoms. The summed E-state index contributed by atoms with van der Waals surface area (Å²) in [4.78, 5) is 24.1. The summed E-state index contributed by atoms with van der Waals surface area (Å²) in [6.07, 6.45) is 0.501. The lowest BCUT2D eigenvalue weighted by molar-refractivity contribution is 0.0600. The Labute approximate surface area is 166 Å². The second-order valence-corrected chi connectivity index (χ2v) is 8.79. The summed E-state index contributed by atoms with van der Waals surface area (Å²) in [5.74, 6) is -0.694. The highest BCUT2D eigenvalue weighted by atomic mass is 32.2. The lowest BCUT2D eigenvalue weighted by Gasteiger charge is -2.21. The molecule has 5 rings (SSSR count). The minimum absolute atomic E-state index is 0.152. The number of nitrogens with zero attached hydrogens (tertiary/aromatic N) is 1. The number of fused-ring (bicyclic) bond motifs is 1. The number of anilines is 2. The van der Waals surface area contributed by atoms with E-state index < -0.39 is 16.0 Å². The molecular weight excluding hydrogens is 392 g/mol. The van der Waals surface area contributed by atoms with E-state index in [-0.39, 0.29) is 17.3 Å². The molecule has 7 nitrogen and oxygen atoms in total. The lowest BCUT2D eigenvalue weighted by Crippen LogP contribution is -2.29. The highest BCUT2D eigenvalue weighted by Crippen LogP contribution is 2.40. The third-order valence-corrected chi connectivity index (χ3v) is 7.29. The lowest BCUT2D eigenvalue weighted by atomic mass is 10.1. The molecule has 2 heterocycles. The Hall–Kier alpha value is -3.39. The Morgan fingerprint density at radius 1 is 1.14 bits per heavy atom. The first-order valence-corrected chi connectivity index (χ1v) is 10.5. The molecule has 29 heavy (non-hydrogen) atoms. The molecule has 8 heteroatoms. The SMILES string of the molecule is COC(=O)c1ccc2c(c1)CCN2S(=O)(=O)c1ccc2c3c(cccc13)C(=O)N2. The van der Waals surface area contributed by atoms with Gasteiger partial charge in [-0.15, -0.1) is 0 Å². The Kier molecular flexibility index (Phi) is 3.69. The number of hydrogen-bond acceptors (Lipinski definition) is 5. The summed E-state index contributed by atoms with van der Waals surface area (Å²) in [6, 6.07) is 13.1. The molecule has 0 bridgehead atoms. The van der Waals surface area contributed by atoms with Gasteiger partial charge in [0.05, 0.1) is 23.3 Å². The number of nitrogens with one attached hydrogen (secondary N) is 1. The van der Waals surface area contributed by atoms with E-state index in [0.29, 0.717) is 39.7 Å². The quantitative estimate of drug-likeness (QED) is 0.673. The van der Waals surface area contributed by atoms with Gasteiger partial charge in [-0.2, -0.15) is 0 Å². The first-order chi connectivity index (χ1) is 13.9. The molecule has 1 N–H and O–H groups in total. The fraction of sp³-hybridized carbons (Fsp3) is 0.143. The van der Waals surface area contributed by atoms with Crippen LogP contribution in [0.4, 0.5) is 11.4 Å². The van der Waals surface area contributed by atoms with Crippen molar-refractivity contribution in [1.29, 1.82) is 0 Å². The van der Waals surface area contributed by atoms with Crippen LogP contribution in [-0.4, -0.2) is 33.9 Å². The zero-order valence-electron chi connectivity index (χ0n) is 15.4. The Morgan fingerprint density at radius 3 is 2.76 bits per heavy atom. The number of amides is 1. The van der Waals surface area contributed by atoms with Gasteiger partial charge in [-0.3, -0.25) is 9.10 Å². The monoisotopic (exact) mass is 408 g/mol. The van der Waals surface area contributed by atoms with Gasteiger partial charge in [0.2, 0.25) is 0 Å². The topological polar surface area (TPSA) is 92.8 Å². The zero-order valence-corrected chi connectivity index (χ0v) is 16.2. The van der Waals surface area contributed by atoms with Gasteiger partial charge >= 0.3 is 5.97 Å². The van der Waals surface area contributed by atoms with E-state index in [2.05, 4.69) is 5.32 Å². The van der Waals surface area contributed by atoms with Crippen molar-refractivity contribution in [3.63, 3.8) is 0 Å². The molecule has 0 radical (unpaired) electrons. The summed E-state index contributed by atoms with van der Waals surface area (Å²) >= 11 is 0. The van der Waals surface area contributed by atoms with Gasteiger partial charge in [0.1, 0.15) is 0 Å². The summed E-state index contributed by atoms with van der Waals surface area (Å²) in [5, 5.41) is 3.90. The van der Waals surface area contributed by atoms with E-state index in [9.17, 15) is 18.0 Å². The molecule has 0 saturated heterocycles. The van der Waals surface area contributed by atoms with Crippen LogP contribution in [0.2, 0.25) is 0 Å². The normalized spacial score (nSPS) is 14.8. The molecule has 2 aliphatic heterocycles. The van der Waals surface area contributed by atoms with Crippen LogP contribution in [0.3, 0.4) is 0 Å². The highest BCUT2D eigenvalue weighted by Gasteiger charge is 2.34. The van der Waals surface area contributed by atoms with Gasteiger partial charge in [0.25, 0.3) is 15.9 Å². The third-order valence-electron chi connectivity index (χ3n) is 5.42. The molecule has 0 atom stereocenters. The molecular formula is C21H16N2O5S. The minimum atomic E-state index is -3.86. The number of rotatable bonds is 3. The van der Waals surface area contributed by atoms with Crippen molar-refractivity contribution in [2.75, 3.05) is 23.3 Å². The molecule has 0 fully saturated rings. The Balaban J connectivity index is 1.64. The van der Waals surface area contributed by atoms with Gasteiger partial charge in [-0.05, 0) is 48.4 Å². The predicted octanol–water partition coefficient (Wildman–Crippen LogP) is 2.94. The first kappa shape index (κ1) is 17.7. The van der Waals surface area contributed by atoms with Crippen LogP contribution in [0.1, 0.15) is 26.3 Å². The molecule has 0 saturated carbocycles. The minimum Gasteiger partial charge on any atom is -0.465 e. The van der Waals surface area contributed by atoms with E-state index in [1.54, 1.807) is 42.5 Å². The van der Waals surface area contributed by atoms with Crippen LogP contribution in [0.15, 0.2) is 53.4 Å². The number of hydrogen-bond donors (Lipinski definition) is 1. The van der Waals surface area contributed by atoms with E-state index in [0.717, 1.165) is 5.56 Å². The molecule has 0 aliphatic carbocycles. The van der Waals surface area contributed by atoms with Gasteiger partial charge in [-0.1, -0.05) is 12.1 Å². The summed E-state index contributed by atoms with van der Waals surface area (Å²) in [6.45, 7) is 0.280. The van der Waals surface area contributed by atoms with E-state index >= 15 is 0 Å². The largest absolute Gasteiger partial charge is 0.465 e. The average molecular weight is 408 g/mol. The van der Waals surface area contributed by atoms with Gasteiger partial charge in [-0.25, -0.2) is 13.2 Å². The Bertz CT molecular complexity index is 1330. The number of carbonyl (C=O) groups is 2. The highest BCUT2D eigenvalue weighted by molar-refractivity contribution is 7.93. The third kappa shape index (κ3) is 2.45. The van der Waals surface area contributed by atoms with Crippen molar-refractivity contribution in [3.8, 4) is 0 Å². The maximum Gasteiger partial charge on any atom is 0.337 e. The fourth-order valence-electron chi connectivity index (χ4n) is 4.07. The zero-order chi connectivity index (χ0) is 20.3. The van der Waals surface area contributed by atoms with E-state index in [1.165, 1.54) is 17.5 Å². The van der Waals surface area contributed by atoms with Crippen molar-refractivity contribution in [1.82, 2.24) is 0 Å². The summed E-state index contributed by atoms with van der Waals surface area (Å²) in [7, 11) is -2.56.